The van der Waals surface area contributed by atoms with Gasteiger partial charge >= 0.3 is 0 Å². The van der Waals surface area contributed by atoms with Crippen LogP contribution in [-0.2, 0) is 11.4 Å². The van der Waals surface area contributed by atoms with Gasteiger partial charge in [-0.15, -0.1) is 0 Å². The summed E-state index contributed by atoms with van der Waals surface area (Å²) in [5, 5.41) is 14.9. The summed E-state index contributed by atoms with van der Waals surface area (Å²) in [6.45, 7) is 4.48. The molecule has 1 N–H and O–H groups in total. The summed E-state index contributed by atoms with van der Waals surface area (Å²) in [4.78, 5) is 12.9. The van der Waals surface area contributed by atoms with Crippen molar-refractivity contribution in [2.45, 2.75) is 20.5 Å². The van der Waals surface area contributed by atoms with E-state index < -0.39 is 5.91 Å². The van der Waals surface area contributed by atoms with Gasteiger partial charge in [-0.25, -0.2) is 0 Å². The fourth-order valence-corrected chi connectivity index (χ4v) is 4.11. The minimum Gasteiger partial charge on any atom is -0.488 e. The number of benzene rings is 4. The van der Waals surface area contributed by atoms with Crippen LogP contribution in [0.5, 0.6) is 5.75 Å². The summed E-state index contributed by atoms with van der Waals surface area (Å²) in [5.41, 5.74) is 4.55. The molecule has 4 aromatic rings. The zero-order valence-corrected chi connectivity index (χ0v) is 19.7. The summed E-state index contributed by atoms with van der Waals surface area (Å²) >= 11 is 6.01. The van der Waals surface area contributed by atoms with Crippen LogP contribution in [0, 0.1) is 25.2 Å². The fraction of sp³-hybridized carbons (Fsp3) is 0.103. The Labute approximate surface area is 204 Å². The topological polar surface area (TPSA) is 62.1 Å². The van der Waals surface area contributed by atoms with Crippen LogP contribution in [0.4, 0.5) is 5.69 Å². The molecule has 5 heteroatoms. The standard InChI is InChI=1S/C29H23ClN2O2/c1-19-12-20(2)14-21(13-19)18-34-28-11-10-22-6-3-4-9-26(22)27(28)15-23(17-31)29(33)32-25-8-5-7-24(30)16-25/h3-16H,18H2,1-2H3,(H,32,33)/b23-15+. The first kappa shape index (κ1) is 23.1. The average molecular weight is 467 g/mol. The quantitative estimate of drug-likeness (QED) is 0.241. The fourth-order valence-electron chi connectivity index (χ4n) is 3.92. The second-order valence-electron chi connectivity index (χ2n) is 8.12. The lowest BCUT2D eigenvalue weighted by molar-refractivity contribution is -0.112. The summed E-state index contributed by atoms with van der Waals surface area (Å²) < 4.78 is 6.20. The van der Waals surface area contributed by atoms with Crippen LogP contribution in [0.15, 0.2) is 84.4 Å². The van der Waals surface area contributed by atoms with E-state index in [-0.39, 0.29) is 5.57 Å². The summed E-state index contributed by atoms with van der Waals surface area (Å²) in [6, 6.07) is 26.8. The van der Waals surface area contributed by atoms with Gasteiger partial charge in [-0.1, -0.05) is 77.3 Å². The zero-order chi connectivity index (χ0) is 24.1. The van der Waals surface area contributed by atoms with Crippen LogP contribution in [0.25, 0.3) is 16.8 Å². The molecule has 4 aromatic carbocycles. The molecule has 0 saturated carbocycles. The van der Waals surface area contributed by atoms with Crippen molar-refractivity contribution in [2.24, 2.45) is 0 Å². The van der Waals surface area contributed by atoms with Crippen molar-refractivity contribution in [3.8, 4) is 11.8 Å². The van der Waals surface area contributed by atoms with Gasteiger partial charge in [0.25, 0.3) is 5.91 Å². The molecule has 1 amide bonds. The minimum absolute atomic E-state index is 0.0346. The van der Waals surface area contributed by atoms with Crippen molar-refractivity contribution in [1.29, 1.82) is 5.26 Å². The number of nitriles is 1. The molecule has 0 radical (unpaired) electrons. The van der Waals surface area contributed by atoms with E-state index in [1.54, 1.807) is 30.3 Å². The summed E-state index contributed by atoms with van der Waals surface area (Å²) in [6.07, 6.45) is 1.58. The number of carbonyl (C=O) groups excluding carboxylic acids is 1. The first-order valence-electron chi connectivity index (χ1n) is 10.8. The predicted molar refractivity (Wildman–Crippen MR) is 138 cm³/mol. The van der Waals surface area contributed by atoms with Crippen molar-refractivity contribution in [2.75, 3.05) is 5.32 Å². The lowest BCUT2D eigenvalue weighted by atomic mass is 10.0. The molecule has 0 saturated heterocycles. The minimum atomic E-state index is -0.516. The van der Waals surface area contributed by atoms with E-state index in [0.29, 0.717) is 28.6 Å². The Morgan fingerprint density at radius 1 is 1.00 bits per heavy atom. The van der Waals surface area contributed by atoms with Gasteiger partial charge in [0.1, 0.15) is 24.0 Å². The predicted octanol–water partition coefficient (Wildman–Crippen LogP) is 7.23. The normalized spacial score (nSPS) is 11.2. The Bertz CT molecular complexity index is 1430. The lowest BCUT2D eigenvalue weighted by Gasteiger charge is -2.14. The molecule has 0 spiro atoms. The van der Waals surface area contributed by atoms with Crippen LogP contribution in [0.3, 0.4) is 0 Å². The number of fused-ring (bicyclic) bond motifs is 1. The maximum atomic E-state index is 12.9. The molecule has 0 bridgehead atoms. The Morgan fingerprint density at radius 2 is 1.76 bits per heavy atom. The van der Waals surface area contributed by atoms with E-state index in [9.17, 15) is 10.1 Å². The third-order valence-corrected chi connectivity index (χ3v) is 5.58. The molecule has 168 valence electrons. The zero-order valence-electron chi connectivity index (χ0n) is 18.9. The van der Waals surface area contributed by atoms with Crippen LogP contribution in [0.2, 0.25) is 5.02 Å². The van der Waals surface area contributed by atoms with Gasteiger partial charge in [0.2, 0.25) is 0 Å². The smallest absolute Gasteiger partial charge is 0.266 e. The van der Waals surface area contributed by atoms with Crippen molar-refractivity contribution in [3.63, 3.8) is 0 Å². The Balaban J connectivity index is 1.70. The van der Waals surface area contributed by atoms with Crippen molar-refractivity contribution in [1.82, 2.24) is 0 Å². The van der Waals surface area contributed by atoms with Gasteiger partial charge < -0.3 is 10.1 Å². The number of hydrogen-bond donors (Lipinski definition) is 1. The first-order valence-corrected chi connectivity index (χ1v) is 11.2. The van der Waals surface area contributed by atoms with E-state index in [1.165, 1.54) is 11.1 Å². The number of amides is 1. The van der Waals surface area contributed by atoms with Crippen LogP contribution >= 0.6 is 11.6 Å². The van der Waals surface area contributed by atoms with E-state index in [0.717, 1.165) is 16.3 Å². The Kier molecular flexibility index (Phi) is 6.96. The average Bonchev–Trinajstić information content (AvgIpc) is 2.81. The molecule has 4 rings (SSSR count). The third-order valence-electron chi connectivity index (χ3n) is 5.34. The highest BCUT2D eigenvalue weighted by Gasteiger charge is 2.14. The SMILES string of the molecule is Cc1cc(C)cc(COc2ccc3ccccc3c2/C=C(\C#N)C(=O)Nc2cccc(Cl)c2)c1. The molecule has 0 aliphatic rings. The van der Waals surface area contributed by atoms with E-state index in [1.807, 2.05) is 42.5 Å². The van der Waals surface area contributed by atoms with E-state index in [2.05, 4.69) is 37.4 Å². The molecular formula is C29H23ClN2O2. The number of nitrogens with zero attached hydrogens (tertiary/aromatic N) is 1. The molecule has 0 aliphatic heterocycles. The molecule has 0 aliphatic carbocycles. The molecule has 34 heavy (non-hydrogen) atoms. The number of ether oxygens (including phenoxy) is 1. The van der Waals surface area contributed by atoms with Gasteiger partial charge in [-0.05, 0) is 60.5 Å². The maximum absolute atomic E-state index is 12.9. The Morgan fingerprint density at radius 3 is 2.50 bits per heavy atom. The summed E-state index contributed by atoms with van der Waals surface area (Å²) in [5.74, 6) is 0.0825. The van der Waals surface area contributed by atoms with E-state index in [4.69, 9.17) is 16.3 Å². The molecular weight excluding hydrogens is 444 g/mol. The monoisotopic (exact) mass is 466 g/mol. The molecule has 0 aromatic heterocycles. The molecule has 4 nitrogen and oxygen atoms in total. The third kappa shape index (κ3) is 5.46. The number of aryl methyl sites for hydroxylation is 2. The maximum Gasteiger partial charge on any atom is 0.266 e. The van der Waals surface area contributed by atoms with Crippen LogP contribution < -0.4 is 10.1 Å². The van der Waals surface area contributed by atoms with Gasteiger partial charge in [-0.2, -0.15) is 5.26 Å². The van der Waals surface area contributed by atoms with Gasteiger partial charge in [0.15, 0.2) is 0 Å². The molecule has 0 unspecified atom stereocenters. The number of nitrogens with one attached hydrogen (secondary N) is 1. The van der Waals surface area contributed by atoms with Crippen molar-refractivity contribution < 1.29 is 9.53 Å². The highest BCUT2D eigenvalue weighted by molar-refractivity contribution is 6.31. The number of anilines is 1. The Hall–Kier alpha value is -4.07. The van der Waals surface area contributed by atoms with Crippen LogP contribution in [-0.4, -0.2) is 5.91 Å². The highest BCUT2D eigenvalue weighted by Crippen LogP contribution is 2.31. The summed E-state index contributed by atoms with van der Waals surface area (Å²) in [7, 11) is 0. The van der Waals surface area contributed by atoms with Crippen molar-refractivity contribution in [3.05, 3.63) is 112 Å². The second-order valence-corrected chi connectivity index (χ2v) is 8.55. The van der Waals surface area contributed by atoms with Gasteiger partial charge in [0.05, 0.1) is 0 Å². The number of halogens is 1. The molecule has 0 atom stereocenters. The van der Waals surface area contributed by atoms with E-state index >= 15 is 0 Å². The first-order chi connectivity index (χ1) is 16.4. The molecule has 0 heterocycles. The number of rotatable bonds is 6. The largest absolute Gasteiger partial charge is 0.488 e. The number of hydrogen-bond acceptors (Lipinski definition) is 3. The molecule has 0 fully saturated rings. The van der Waals surface area contributed by atoms with Gasteiger partial charge in [-0.3, -0.25) is 4.79 Å². The lowest BCUT2D eigenvalue weighted by Crippen LogP contribution is -2.13. The highest BCUT2D eigenvalue weighted by atomic mass is 35.5. The number of carbonyl (C=O) groups is 1. The van der Waals surface area contributed by atoms with Crippen LogP contribution in [0.1, 0.15) is 22.3 Å². The van der Waals surface area contributed by atoms with Crippen molar-refractivity contribution >= 4 is 40.0 Å². The van der Waals surface area contributed by atoms with Gasteiger partial charge in [0, 0.05) is 16.3 Å². The second kappa shape index (κ2) is 10.2.